The fourth-order valence-electron chi connectivity index (χ4n) is 3.93. The molecule has 3 rings (SSSR count). The number of carbonyl (C=O) groups is 1. The van der Waals surface area contributed by atoms with Crippen molar-refractivity contribution in [2.24, 2.45) is 5.92 Å². The number of hydrogen-bond acceptors (Lipinski definition) is 3. The number of hydrogen-bond donors (Lipinski definition) is 1. The van der Waals surface area contributed by atoms with E-state index in [1.807, 2.05) is 12.1 Å². The third-order valence-electron chi connectivity index (χ3n) is 5.33. The van der Waals surface area contributed by atoms with Gasteiger partial charge in [-0.3, -0.25) is 14.7 Å². The lowest BCUT2D eigenvalue weighted by Gasteiger charge is -2.33. The molecule has 2 heterocycles. The van der Waals surface area contributed by atoms with Crippen molar-refractivity contribution >= 4 is 5.91 Å². The molecule has 1 fully saturated rings. The van der Waals surface area contributed by atoms with Crippen molar-refractivity contribution in [3.63, 3.8) is 0 Å². The van der Waals surface area contributed by atoms with E-state index in [9.17, 15) is 4.79 Å². The van der Waals surface area contributed by atoms with Gasteiger partial charge in [0.05, 0.1) is 0 Å². The molecular weight excluding hydrogens is 346 g/mol. The highest BCUT2D eigenvalue weighted by atomic mass is 16.1. The second-order valence-corrected chi connectivity index (χ2v) is 8.41. The molecule has 1 aromatic carbocycles. The van der Waals surface area contributed by atoms with Crippen molar-refractivity contribution in [2.45, 2.75) is 58.5 Å². The van der Waals surface area contributed by atoms with Gasteiger partial charge in [0.2, 0.25) is 5.91 Å². The molecule has 1 N–H and O–H groups in total. The van der Waals surface area contributed by atoms with Gasteiger partial charge in [-0.25, -0.2) is 0 Å². The highest BCUT2D eigenvalue weighted by Crippen LogP contribution is 2.16. The number of piperidine rings is 1. The smallest absolute Gasteiger partial charge is 0.220 e. The molecule has 1 aliphatic rings. The Morgan fingerprint density at radius 1 is 1.11 bits per heavy atom. The minimum absolute atomic E-state index is 0.154. The Morgan fingerprint density at radius 3 is 2.54 bits per heavy atom. The minimum Gasteiger partial charge on any atom is -0.352 e. The second-order valence-electron chi connectivity index (χ2n) is 8.41. The van der Waals surface area contributed by atoms with E-state index in [1.54, 1.807) is 12.4 Å². The molecule has 150 valence electrons. The third kappa shape index (κ3) is 6.75. The summed E-state index contributed by atoms with van der Waals surface area (Å²) in [6, 6.07) is 13.3. The van der Waals surface area contributed by atoms with Crippen LogP contribution in [0.1, 0.15) is 49.8 Å². The van der Waals surface area contributed by atoms with Crippen LogP contribution in [0.4, 0.5) is 0 Å². The molecule has 0 saturated carbocycles. The lowest BCUT2D eigenvalue weighted by atomic mass is 10.0. The molecule has 0 bridgehead atoms. The molecule has 1 aromatic heterocycles. The average molecular weight is 380 g/mol. The maximum atomic E-state index is 12.3. The molecule has 1 aliphatic heterocycles. The molecule has 2 aromatic rings. The molecule has 0 spiro atoms. The maximum Gasteiger partial charge on any atom is 0.220 e. The Morgan fingerprint density at radius 2 is 1.82 bits per heavy atom. The molecule has 4 nitrogen and oxygen atoms in total. The number of aryl methyl sites for hydroxylation is 1. The first kappa shape index (κ1) is 20.5. The summed E-state index contributed by atoms with van der Waals surface area (Å²) in [7, 11) is 0. The van der Waals surface area contributed by atoms with E-state index in [-0.39, 0.29) is 11.9 Å². The molecule has 1 amide bonds. The summed E-state index contributed by atoms with van der Waals surface area (Å²) in [6.07, 6.45) is 8.22. The number of carbonyl (C=O) groups excluding carboxylic acids is 1. The van der Waals surface area contributed by atoms with Gasteiger partial charge >= 0.3 is 0 Å². The standard InChI is InChI=1S/C24H33N3O/c1-19(2)16-21-5-7-22(8-6-21)17-27-15-3-4-23(18-27)26-24(28)10-9-20-11-13-25-14-12-20/h5-8,11-14,19,23H,3-4,9-10,15-18H2,1-2H3,(H,26,28). The molecule has 28 heavy (non-hydrogen) atoms. The SMILES string of the molecule is CC(C)Cc1ccc(CN2CCCC(NC(=O)CCc3ccncc3)C2)cc1. The highest BCUT2D eigenvalue weighted by Gasteiger charge is 2.21. The third-order valence-corrected chi connectivity index (χ3v) is 5.33. The molecule has 1 unspecified atom stereocenters. The summed E-state index contributed by atoms with van der Waals surface area (Å²) in [4.78, 5) is 18.8. The first-order valence-corrected chi connectivity index (χ1v) is 10.6. The lowest BCUT2D eigenvalue weighted by molar-refractivity contribution is -0.122. The van der Waals surface area contributed by atoms with Crippen LogP contribution in [-0.4, -0.2) is 34.9 Å². The molecule has 1 atom stereocenters. The van der Waals surface area contributed by atoms with Crippen molar-refractivity contribution in [3.8, 4) is 0 Å². The summed E-state index contributed by atoms with van der Waals surface area (Å²) in [5.74, 6) is 0.845. The van der Waals surface area contributed by atoms with Crippen LogP contribution < -0.4 is 5.32 Å². The second kappa shape index (κ2) is 10.4. The predicted molar refractivity (Wildman–Crippen MR) is 114 cm³/mol. The van der Waals surface area contributed by atoms with E-state index in [0.29, 0.717) is 12.3 Å². The van der Waals surface area contributed by atoms with Crippen LogP contribution in [0.25, 0.3) is 0 Å². The van der Waals surface area contributed by atoms with Crippen LogP contribution in [-0.2, 0) is 24.2 Å². The number of rotatable bonds is 8. The van der Waals surface area contributed by atoms with Crippen molar-refractivity contribution < 1.29 is 4.79 Å². The number of nitrogens with one attached hydrogen (secondary N) is 1. The topological polar surface area (TPSA) is 45.2 Å². The zero-order valence-electron chi connectivity index (χ0n) is 17.2. The van der Waals surface area contributed by atoms with Gasteiger partial charge in [0.25, 0.3) is 0 Å². The van der Waals surface area contributed by atoms with Crippen LogP contribution in [0.5, 0.6) is 0 Å². The molecule has 4 heteroatoms. The van der Waals surface area contributed by atoms with E-state index in [1.165, 1.54) is 11.1 Å². The van der Waals surface area contributed by atoms with Gasteiger partial charge in [-0.1, -0.05) is 38.1 Å². The highest BCUT2D eigenvalue weighted by molar-refractivity contribution is 5.76. The summed E-state index contributed by atoms with van der Waals surface area (Å²) < 4.78 is 0. The van der Waals surface area contributed by atoms with E-state index < -0.39 is 0 Å². The Balaban J connectivity index is 1.44. The first-order valence-electron chi connectivity index (χ1n) is 10.6. The number of aromatic nitrogens is 1. The van der Waals surface area contributed by atoms with Crippen molar-refractivity contribution in [2.75, 3.05) is 13.1 Å². The van der Waals surface area contributed by atoms with Crippen LogP contribution >= 0.6 is 0 Å². The predicted octanol–water partition coefficient (Wildman–Crippen LogP) is 3.99. The van der Waals surface area contributed by atoms with E-state index in [2.05, 4.69) is 53.3 Å². The summed E-state index contributed by atoms with van der Waals surface area (Å²) >= 11 is 0. The lowest BCUT2D eigenvalue weighted by Crippen LogP contribution is -2.47. The fourth-order valence-corrected chi connectivity index (χ4v) is 3.93. The van der Waals surface area contributed by atoms with Gasteiger partial charge in [-0.15, -0.1) is 0 Å². The Labute approximate surface area is 169 Å². The van der Waals surface area contributed by atoms with Gasteiger partial charge in [-0.2, -0.15) is 0 Å². The average Bonchev–Trinajstić information content (AvgIpc) is 2.69. The van der Waals surface area contributed by atoms with E-state index in [0.717, 1.165) is 50.9 Å². The molecule has 0 aliphatic carbocycles. The number of nitrogens with zero attached hydrogens (tertiary/aromatic N) is 2. The first-order chi connectivity index (χ1) is 13.6. The van der Waals surface area contributed by atoms with E-state index >= 15 is 0 Å². The van der Waals surface area contributed by atoms with Crippen LogP contribution in [0.15, 0.2) is 48.8 Å². The molecule has 0 radical (unpaired) electrons. The van der Waals surface area contributed by atoms with Crippen LogP contribution in [0.3, 0.4) is 0 Å². The number of benzene rings is 1. The summed E-state index contributed by atoms with van der Waals surface area (Å²) in [6.45, 7) is 7.53. The van der Waals surface area contributed by atoms with Crippen molar-refractivity contribution in [3.05, 3.63) is 65.5 Å². The van der Waals surface area contributed by atoms with Crippen LogP contribution in [0, 0.1) is 5.92 Å². The van der Waals surface area contributed by atoms with Gasteiger partial charge < -0.3 is 5.32 Å². The minimum atomic E-state index is 0.154. The Kier molecular flexibility index (Phi) is 7.61. The fraction of sp³-hybridized carbons (Fsp3) is 0.500. The molecule has 1 saturated heterocycles. The quantitative estimate of drug-likeness (QED) is 0.754. The molecular formula is C24H33N3O. The summed E-state index contributed by atoms with van der Waals surface area (Å²) in [5.41, 5.74) is 3.94. The number of likely N-dealkylation sites (tertiary alicyclic amines) is 1. The van der Waals surface area contributed by atoms with Crippen molar-refractivity contribution in [1.29, 1.82) is 0 Å². The largest absolute Gasteiger partial charge is 0.352 e. The Hall–Kier alpha value is -2.20. The van der Waals surface area contributed by atoms with Gasteiger partial charge in [-0.05, 0) is 67.0 Å². The maximum absolute atomic E-state index is 12.3. The zero-order chi connectivity index (χ0) is 19.8. The number of pyridine rings is 1. The summed E-state index contributed by atoms with van der Waals surface area (Å²) in [5, 5.41) is 3.24. The normalized spacial score (nSPS) is 17.6. The van der Waals surface area contributed by atoms with Crippen LogP contribution in [0.2, 0.25) is 0 Å². The van der Waals surface area contributed by atoms with Gasteiger partial charge in [0, 0.05) is 37.9 Å². The van der Waals surface area contributed by atoms with E-state index in [4.69, 9.17) is 0 Å². The zero-order valence-corrected chi connectivity index (χ0v) is 17.2. The van der Waals surface area contributed by atoms with Gasteiger partial charge in [0.15, 0.2) is 0 Å². The Bertz CT molecular complexity index is 727. The monoisotopic (exact) mass is 379 g/mol. The number of amides is 1. The van der Waals surface area contributed by atoms with Gasteiger partial charge in [0.1, 0.15) is 0 Å². The van der Waals surface area contributed by atoms with Crippen molar-refractivity contribution in [1.82, 2.24) is 15.2 Å².